The number of hydrogen-bond acceptors (Lipinski definition) is 4. The van der Waals surface area contributed by atoms with Crippen LogP contribution in [0.5, 0.6) is 0 Å². The van der Waals surface area contributed by atoms with Gasteiger partial charge in [0.25, 0.3) is 0 Å². The highest BCUT2D eigenvalue weighted by Gasteiger charge is 2.61. The van der Waals surface area contributed by atoms with Gasteiger partial charge in [-0.05, 0) is 26.8 Å². The van der Waals surface area contributed by atoms with Gasteiger partial charge in [-0.1, -0.05) is 0 Å². The molecule has 8 heteroatoms. The van der Waals surface area contributed by atoms with E-state index < -0.39 is 23.5 Å². The maximum atomic E-state index is 13.2. The van der Waals surface area contributed by atoms with Crippen molar-refractivity contribution in [1.82, 2.24) is 4.98 Å². The molecule has 1 aromatic rings. The van der Waals surface area contributed by atoms with E-state index in [1.807, 2.05) is 0 Å². The smallest absolute Gasteiger partial charge is 0.421 e. The normalized spacial score (nSPS) is 21.9. The quantitative estimate of drug-likeness (QED) is 0.905. The Morgan fingerprint density at radius 1 is 1.36 bits per heavy atom. The first-order valence-electron chi connectivity index (χ1n) is 6.70. The van der Waals surface area contributed by atoms with Crippen LogP contribution in [-0.4, -0.2) is 29.5 Å². The lowest BCUT2D eigenvalue weighted by Gasteiger charge is -2.43. The fraction of sp³-hybridized carbons (Fsp3) is 0.571. The third-order valence-corrected chi connectivity index (χ3v) is 3.11. The molecule has 0 bridgehead atoms. The van der Waals surface area contributed by atoms with Crippen LogP contribution in [0.2, 0.25) is 0 Å². The molecular formula is C14H17F3N2O3. The van der Waals surface area contributed by atoms with E-state index in [0.29, 0.717) is 0 Å². The van der Waals surface area contributed by atoms with Crippen molar-refractivity contribution in [2.24, 2.45) is 0 Å². The summed E-state index contributed by atoms with van der Waals surface area (Å²) in [5, 5.41) is 2.36. The molecule has 0 spiro atoms. The van der Waals surface area contributed by atoms with E-state index >= 15 is 0 Å². The number of nitrogens with zero attached hydrogens (tertiary/aromatic N) is 1. The fourth-order valence-corrected chi connectivity index (χ4v) is 2.07. The van der Waals surface area contributed by atoms with Gasteiger partial charge in [0.05, 0.1) is 18.5 Å². The fourth-order valence-electron chi connectivity index (χ4n) is 2.07. The second-order valence-electron chi connectivity index (χ2n) is 6.01. The number of anilines is 1. The minimum Gasteiger partial charge on any atom is -0.444 e. The molecule has 0 aliphatic carbocycles. The molecule has 0 radical (unpaired) electrons. The standard InChI is InChI=1S/C14H17F3N2O3/c1-12(2,3)22-11(20)19-10-6-9(7-18-8-10)13(4-5-21-13)14(15,16)17/h6-8H,4-5H2,1-3H3,(H,19,20). The molecule has 122 valence electrons. The van der Waals surface area contributed by atoms with Gasteiger partial charge in [-0.15, -0.1) is 0 Å². The molecule has 22 heavy (non-hydrogen) atoms. The van der Waals surface area contributed by atoms with Gasteiger partial charge in [-0.3, -0.25) is 10.3 Å². The maximum Gasteiger partial charge on any atom is 0.421 e. The average molecular weight is 318 g/mol. The third-order valence-electron chi connectivity index (χ3n) is 3.11. The van der Waals surface area contributed by atoms with E-state index in [9.17, 15) is 18.0 Å². The predicted octanol–water partition coefficient (Wildman–Crippen LogP) is 3.61. The summed E-state index contributed by atoms with van der Waals surface area (Å²) in [5.41, 5.74) is -3.07. The Morgan fingerprint density at radius 2 is 2.00 bits per heavy atom. The lowest BCUT2D eigenvalue weighted by Crippen LogP contribution is -2.52. The Bertz CT molecular complexity index is 563. The molecule has 1 aliphatic rings. The van der Waals surface area contributed by atoms with Crippen LogP contribution in [0.1, 0.15) is 32.8 Å². The van der Waals surface area contributed by atoms with Crippen molar-refractivity contribution < 1.29 is 27.4 Å². The summed E-state index contributed by atoms with van der Waals surface area (Å²) < 4.78 is 49.4. The lowest BCUT2D eigenvalue weighted by molar-refractivity contribution is -0.333. The summed E-state index contributed by atoms with van der Waals surface area (Å²) in [5.74, 6) is 0. The summed E-state index contributed by atoms with van der Waals surface area (Å²) in [6.45, 7) is 5.08. The number of carbonyl (C=O) groups excluding carboxylic acids is 1. The van der Waals surface area contributed by atoms with Crippen LogP contribution >= 0.6 is 0 Å². The monoisotopic (exact) mass is 318 g/mol. The van der Waals surface area contributed by atoms with Gasteiger partial charge in [-0.25, -0.2) is 4.79 Å². The zero-order chi connectivity index (χ0) is 16.6. The Hall–Kier alpha value is -1.83. The first-order chi connectivity index (χ1) is 10.0. The lowest BCUT2D eigenvalue weighted by atomic mass is 9.86. The molecule has 1 fully saturated rings. The number of halogens is 3. The first kappa shape index (κ1) is 16.5. The Balaban J connectivity index is 2.19. The number of aromatic nitrogens is 1. The Labute approximate surface area is 125 Å². The number of pyridine rings is 1. The number of rotatable bonds is 2. The molecule has 1 aromatic heterocycles. The van der Waals surface area contributed by atoms with Gasteiger partial charge in [0, 0.05) is 18.2 Å². The van der Waals surface area contributed by atoms with Crippen LogP contribution in [0.25, 0.3) is 0 Å². The molecule has 2 heterocycles. The molecule has 0 saturated carbocycles. The molecule has 1 amide bonds. The Kier molecular flexibility index (Phi) is 4.08. The van der Waals surface area contributed by atoms with Gasteiger partial charge < -0.3 is 9.47 Å². The van der Waals surface area contributed by atoms with Crippen molar-refractivity contribution in [3.63, 3.8) is 0 Å². The van der Waals surface area contributed by atoms with Gasteiger partial charge in [0.1, 0.15) is 5.60 Å². The summed E-state index contributed by atoms with van der Waals surface area (Å²) in [7, 11) is 0. The van der Waals surface area contributed by atoms with Crippen molar-refractivity contribution in [1.29, 1.82) is 0 Å². The largest absolute Gasteiger partial charge is 0.444 e. The molecule has 1 atom stereocenters. The zero-order valence-electron chi connectivity index (χ0n) is 12.5. The van der Waals surface area contributed by atoms with Crippen molar-refractivity contribution in [3.8, 4) is 0 Å². The minimum absolute atomic E-state index is 0.0310. The van der Waals surface area contributed by atoms with Crippen LogP contribution in [0.15, 0.2) is 18.5 Å². The van der Waals surface area contributed by atoms with E-state index in [0.717, 1.165) is 6.20 Å². The van der Waals surface area contributed by atoms with Crippen LogP contribution in [0.4, 0.5) is 23.7 Å². The SMILES string of the molecule is CC(C)(C)OC(=O)Nc1cncc(C2(C(F)(F)F)CCO2)c1. The van der Waals surface area contributed by atoms with Gasteiger partial charge in [0.15, 0.2) is 5.60 Å². The predicted molar refractivity (Wildman–Crippen MR) is 72.4 cm³/mol. The molecule has 1 unspecified atom stereocenters. The number of alkyl halides is 3. The van der Waals surface area contributed by atoms with Gasteiger partial charge in [0.2, 0.25) is 0 Å². The zero-order valence-corrected chi connectivity index (χ0v) is 12.5. The molecule has 1 N–H and O–H groups in total. The molecule has 0 aromatic carbocycles. The van der Waals surface area contributed by atoms with Gasteiger partial charge in [-0.2, -0.15) is 13.2 Å². The number of ether oxygens (including phenoxy) is 2. The molecular weight excluding hydrogens is 301 g/mol. The highest BCUT2D eigenvalue weighted by atomic mass is 19.4. The van der Waals surface area contributed by atoms with E-state index in [2.05, 4.69) is 10.3 Å². The van der Waals surface area contributed by atoms with Crippen LogP contribution < -0.4 is 5.32 Å². The van der Waals surface area contributed by atoms with Crippen molar-refractivity contribution >= 4 is 11.8 Å². The third kappa shape index (κ3) is 3.32. The van der Waals surface area contributed by atoms with Gasteiger partial charge >= 0.3 is 12.3 Å². The highest BCUT2D eigenvalue weighted by molar-refractivity contribution is 5.84. The number of carbonyl (C=O) groups is 1. The second-order valence-corrected chi connectivity index (χ2v) is 6.01. The molecule has 2 rings (SSSR count). The van der Waals surface area contributed by atoms with E-state index in [1.165, 1.54) is 12.3 Å². The first-order valence-corrected chi connectivity index (χ1v) is 6.70. The van der Waals surface area contributed by atoms with E-state index in [1.54, 1.807) is 20.8 Å². The summed E-state index contributed by atoms with van der Waals surface area (Å²) in [6, 6.07) is 1.20. The number of hydrogen-bond donors (Lipinski definition) is 1. The average Bonchev–Trinajstić information content (AvgIpc) is 2.22. The van der Waals surface area contributed by atoms with E-state index in [-0.39, 0.29) is 24.3 Å². The van der Waals surface area contributed by atoms with Crippen molar-refractivity contribution in [2.45, 2.75) is 44.6 Å². The van der Waals surface area contributed by atoms with Crippen molar-refractivity contribution in [3.05, 3.63) is 24.0 Å². The van der Waals surface area contributed by atoms with Crippen molar-refractivity contribution in [2.75, 3.05) is 11.9 Å². The minimum atomic E-state index is -4.54. The molecule has 5 nitrogen and oxygen atoms in total. The summed E-state index contributed by atoms with van der Waals surface area (Å²) in [4.78, 5) is 15.4. The second kappa shape index (κ2) is 5.42. The summed E-state index contributed by atoms with van der Waals surface area (Å²) >= 11 is 0. The highest BCUT2D eigenvalue weighted by Crippen LogP contribution is 2.50. The number of amides is 1. The summed E-state index contributed by atoms with van der Waals surface area (Å²) in [6.07, 6.45) is -3.14. The van der Waals surface area contributed by atoms with E-state index in [4.69, 9.17) is 9.47 Å². The topological polar surface area (TPSA) is 60.5 Å². The van der Waals surface area contributed by atoms with Crippen LogP contribution in [0.3, 0.4) is 0 Å². The molecule has 1 aliphatic heterocycles. The Morgan fingerprint density at radius 3 is 2.45 bits per heavy atom. The maximum absolute atomic E-state index is 13.2. The van der Waals surface area contributed by atoms with Crippen LogP contribution in [-0.2, 0) is 15.1 Å². The van der Waals surface area contributed by atoms with Crippen LogP contribution in [0, 0.1) is 0 Å². The molecule has 1 saturated heterocycles. The number of nitrogens with one attached hydrogen (secondary N) is 1.